The maximum atomic E-state index is 13.5. The number of carbonyl (C=O) groups excluding carboxylic acids is 1. The van der Waals surface area contributed by atoms with E-state index in [1.54, 1.807) is 0 Å². The highest BCUT2D eigenvalue weighted by molar-refractivity contribution is 5.84. The minimum atomic E-state index is -1.10. The Morgan fingerprint density at radius 1 is 1.02 bits per heavy atom. The van der Waals surface area contributed by atoms with E-state index in [9.17, 15) is 14.7 Å². The summed E-state index contributed by atoms with van der Waals surface area (Å²) < 4.78 is 19.0. The van der Waals surface area contributed by atoms with Crippen LogP contribution in [-0.4, -0.2) is 42.7 Å². The molecule has 6 heteroatoms. The van der Waals surface area contributed by atoms with Crippen LogP contribution < -0.4 is 0 Å². The van der Waals surface area contributed by atoms with Gasteiger partial charge in [0.1, 0.15) is 11.5 Å². The first-order chi connectivity index (χ1) is 19.6. The Labute approximate surface area is 253 Å². The van der Waals surface area contributed by atoms with E-state index in [4.69, 9.17) is 14.2 Å². The van der Waals surface area contributed by atoms with E-state index >= 15 is 0 Å². The maximum Gasteiger partial charge on any atom is 0.330 e. The molecule has 1 N–H and O–H groups in total. The topological polar surface area (TPSA) is 82.1 Å². The number of hydrogen-bond donors (Lipinski definition) is 1. The number of allylic oxidation sites excluding steroid dienone is 3. The first kappa shape index (κ1) is 30.4. The fraction of sp³-hybridized carbons (Fsp3) is 0.833. The van der Waals surface area contributed by atoms with E-state index in [0.717, 1.165) is 50.7 Å². The molecule has 6 nitrogen and oxygen atoms in total. The number of carbonyl (C=O) groups is 2. The Balaban J connectivity index is 1.44. The molecule has 0 amide bonds. The molecule has 42 heavy (non-hydrogen) atoms. The van der Waals surface area contributed by atoms with Crippen molar-refractivity contribution in [1.82, 2.24) is 0 Å². The molecule has 1 spiro atoms. The predicted molar refractivity (Wildman–Crippen MR) is 161 cm³/mol. The molecule has 7 rings (SSSR count). The Morgan fingerprint density at radius 3 is 2.33 bits per heavy atom. The van der Waals surface area contributed by atoms with Crippen LogP contribution >= 0.6 is 0 Å². The highest BCUT2D eigenvalue weighted by atomic mass is 16.7. The monoisotopic (exact) mass is 582 g/mol. The van der Waals surface area contributed by atoms with Crippen molar-refractivity contribution in [3.63, 3.8) is 0 Å². The average Bonchev–Trinajstić information content (AvgIpc) is 2.91. The molecule has 2 aliphatic heterocycles. The Kier molecular flexibility index (Phi) is 6.81. The van der Waals surface area contributed by atoms with Gasteiger partial charge in [-0.1, -0.05) is 58.8 Å². The second-order valence-corrected chi connectivity index (χ2v) is 16.5. The van der Waals surface area contributed by atoms with Crippen molar-refractivity contribution in [2.24, 2.45) is 56.7 Å². The number of ether oxygens (including phenoxy) is 3. The van der Waals surface area contributed by atoms with Crippen LogP contribution in [0.2, 0.25) is 0 Å². The lowest BCUT2D eigenvalue weighted by Crippen LogP contribution is -2.74. The lowest BCUT2D eigenvalue weighted by molar-refractivity contribution is -0.402. The van der Waals surface area contributed by atoms with Crippen LogP contribution in [0.4, 0.5) is 0 Å². The summed E-state index contributed by atoms with van der Waals surface area (Å²) in [7, 11) is 1.82. The maximum absolute atomic E-state index is 13.5. The lowest BCUT2D eigenvalue weighted by Gasteiger charge is -2.75. The molecular weight excluding hydrogens is 528 g/mol. The van der Waals surface area contributed by atoms with E-state index in [-0.39, 0.29) is 39.4 Å². The molecule has 2 unspecified atom stereocenters. The second-order valence-electron chi connectivity index (χ2n) is 16.5. The van der Waals surface area contributed by atoms with Gasteiger partial charge in [-0.05, 0) is 93.3 Å². The highest BCUT2D eigenvalue weighted by Gasteiger charge is 2.75. The van der Waals surface area contributed by atoms with Crippen LogP contribution in [0, 0.1) is 56.7 Å². The lowest BCUT2D eigenvalue weighted by atomic mass is 9.32. The molecule has 0 aromatic rings. The number of fused-ring (bicyclic) bond motifs is 7. The standard InChI is InChI=1S/C36H54O6/c1-21(2)18-28(37)42-27-19-22(3)23(4)29-24-10-11-26-33(8,32(24,7)14-16-35(27,29)30(38)39)13-12-25-31(5,6)36(40-9)17-15-34(25,26)20-41-36/h10,18,22-23,25-27,29H,11-17,19-20H2,1-9H3,(H,38,39)/t22-,23+,25?,26?,27-,29+,32-,33-,34-,35-,36-/m1/s1. The molecule has 2 bridgehead atoms. The normalized spacial score (nSPS) is 50.3. The molecule has 7 aliphatic rings. The first-order valence-electron chi connectivity index (χ1n) is 16.5. The van der Waals surface area contributed by atoms with Gasteiger partial charge in [-0.2, -0.15) is 0 Å². The average molecular weight is 583 g/mol. The summed E-state index contributed by atoms with van der Waals surface area (Å²) in [5.74, 6) is -0.404. The molecule has 0 radical (unpaired) electrons. The molecule has 2 saturated heterocycles. The van der Waals surface area contributed by atoms with Gasteiger partial charge in [-0.3, -0.25) is 4.79 Å². The van der Waals surface area contributed by atoms with Crippen LogP contribution in [0.1, 0.15) is 107 Å². The number of aliphatic carboxylic acids is 1. The van der Waals surface area contributed by atoms with Gasteiger partial charge in [0, 0.05) is 36.4 Å². The van der Waals surface area contributed by atoms with Gasteiger partial charge in [0.2, 0.25) is 0 Å². The summed E-state index contributed by atoms with van der Waals surface area (Å²) in [5, 5.41) is 11.0. The van der Waals surface area contributed by atoms with Gasteiger partial charge in [0.25, 0.3) is 0 Å². The van der Waals surface area contributed by atoms with Gasteiger partial charge in [0.15, 0.2) is 5.79 Å². The SMILES string of the molecule is CO[C@]12CC[C@@]3(CO1)C(CC[C@]1(C)C3CC=C3[C@@H]4[C@@H](C)[C@H](C)C[C@@H](OC(=O)C=C(C)C)[C@]4(C(=O)O)CC[C@]31C)C2(C)C. The van der Waals surface area contributed by atoms with Crippen molar-refractivity contribution in [2.45, 2.75) is 119 Å². The van der Waals surface area contributed by atoms with Crippen molar-refractivity contribution in [1.29, 1.82) is 0 Å². The van der Waals surface area contributed by atoms with Crippen molar-refractivity contribution in [2.75, 3.05) is 13.7 Å². The summed E-state index contributed by atoms with van der Waals surface area (Å²) in [6.45, 7) is 18.7. The molecule has 2 heterocycles. The van der Waals surface area contributed by atoms with Gasteiger partial charge < -0.3 is 19.3 Å². The van der Waals surface area contributed by atoms with Crippen LogP contribution in [-0.2, 0) is 23.8 Å². The Hall–Kier alpha value is -1.66. The molecule has 11 atom stereocenters. The highest BCUT2D eigenvalue weighted by Crippen LogP contribution is 2.78. The number of rotatable bonds is 4. The number of methoxy groups -OCH3 is 1. The Morgan fingerprint density at radius 2 is 1.74 bits per heavy atom. The van der Waals surface area contributed by atoms with Gasteiger partial charge in [-0.25, -0.2) is 4.79 Å². The van der Waals surface area contributed by atoms with Gasteiger partial charge in [-0.15, -0.1) is 0 Å². The largest absolute Gasteiger partial charge is 0.481 e. The van der Waals surface area contributed by atoms with Gasteiger partial charge >= 0.3 is 11.9 Å². The second kappa shape index (κ2) is 9.42. The van der Waals surface area contributed by atoms with Crippen molar-refractivity contribution >= 4 is 11.9 Å². The van der Waals surface area contributed by atoms with Crippen LogP contribution in [0.25, 0.3) is 0 Å². The zero-order chi connectivity index (χ0) is 30.7. The third-order valence-electron chi connectivity index (χ3n) is 14.8. The fourth-order valence-corrected chi connectivity index (χ4v) is 12.3. The molecule has 234 valence electrons. The van der Waals surface area contributed by atoms with E-state index in [2.05, 4.69) is 47.6 Å². The smallest absolute Gasteiger partial charge is 0.330 e. The van der Waals surface area contributed by atoms with Crippen molar-refractivity contribution in [3.05, 3.63) is 23.3 Å². The number of esters is 1. The quantitative estimate of drug-likeness (QED) is 0.209. The van der Waals surface area contributed by atoms with Crippen molar-refractivity contribution < 1.29 is 28.9 Å². The minimum Gasteiger partial charge on any atom is -0.481 e. The predicted octanol–water partition coefficient (Wildman–Crippen LogP) is 7.57. The molecule has 6 fully saturated rings. The molecule has 5 aliphatic carbocycles. The third kappa shape index (κ3) is 3.51. The molecule has 0 aromatic carbocycles. The zero-order valence-corrected chi connectivity index (χ0v) is 27.5. The van der Waals surface area contributed by atoms with Crippen LogP contribution in [0.15, 0.2) is 23.3 Å². The first-order valence-corrected chi connectivity index (χ1v) is 16.5. The molecule has 4 saturated carbocycles. The van der Waals surface area contributed by atoms with Crippen LogP contribution in [0.5, 0.6) is 0 Å². The summed E-state index contributed by atoms with van der Waals surface area (Å²) in [5.41, 5.74) is 1.07. The number of carboxylic acids is 1. The van der Waals surface area contributed by atoms with Crippen LogP contribution in [0.3, 0.4) is 0 Å². The van der Waals surface area contributed by atoms with Crippen molar-refractivity contribution in [3.8, 4) is 0 Å². The molecule has 0 aromatic heterocycles. The summed E-state index contributed by atoms with van der Waals surface area (Å²) in [6, 6.07) is 0. The van der Waals surface area contributed by atoms with E-state index < -0.39 is 29.2 Å². The number of hydrogen-bond acceptors (Lipinski definition) is 5. The summed E-state index contributed by atoms with van der Waals surface area (Å²) in [4.78, 5) is 26.4. The van der Waals surface area contributed by atoms with Gasteiger partial charge in [0.05, 0.1) is 6.61 Å². The van der Waals surface area contributed by atoms with E-state index in [1.165, 1.54) is 11.6 Å². The third-order valence-corrected chi connectivity index (χ3v) is 14.8. The summed E-state index contributed by atoms with van der Waals surface area (Å²) in [6.07, 6.45) is 10.6. The molecular formula is C36H54O6. The zero-order valence-electron chi connectivity index (χ0n) is 27.5. The Bertz CT molecular complexity index is 1220. The van der Waals surface area contributed by atoms with E-state index in [0.29, 0.717) is 24.7 Å². The summed E-state index contributed by atoms with van der Waals surface area (Å²) >= 11 is 0. The van der Waals surface area contributed by atoms with E-state index in [1.807, 2.05) is 21.0 Å². The minimum absolute atomic E-state index is 0.0384. The number of carboxylic acid groups (broad SMARTS) is 1. The fourth-order valence-electron chi connectivity index (χ4n) is 12.3.